The maximum absolute atomic E-state index is 14.0. The average Bonchev–Trinajstić information content (AvgIpc) is 3.15. The molecule has 1 aromatic carbocycles. The zero-order chi connectivity index (χ0) is 22.5. The minimum atomic E-state index is -0.626. The molecule has 2 aliphatic rings. The zero-order valence-electron chi connectivity index (χ0n) is 17.9. The number of hydrogen-bond donors (Lipinski definition) is 0. The lowest BCUT2D eigenvalue weighted by atomic mass is 9.97. The van der Waals surface area contributed by atoms with Gasteiger partial charge in [0.05, 0.1) is 30.7 Å². The van der Waals surface area contributed by atoms with Gasteiger partial charge in [0, 0.05) is 33.1 Å². The van der Waals surface area contributed by atoms with Crippen molar-refractivity contribution in [2.75, 3.05) is 44.7 Å². The predicted octanol–water partition coefficient (Wildman–Crippen LogP) is 1.44. The van der Waals surface area contributed by atoms with E-state index in [1.165, 1.54) is 35.0 Å². The number of ether oxygens (including phenoxy) is 1. The number of halogens is 1. The summed E-state index contributed by atoms with van der Waals surface area (Å²) in [6.45, 7) is 2.95. The van der Waals surface area contributed by atoms with Crippen LogP contribution in [0, 0.1) is 17.7 Å². The standard InChI is InChI=1S/C22H28FN3O5/c1-3-31-22(30)15-8-10-25(11-9-15)20(28)14-24(2)21(29)16-12-19(27)26(13-16)18-7-5-4-6-17(18)23/h4-7,15-16H,3,8-14H2,1-2H3. The van der Waals surface area contributed by atoms with Gasteiger partial charge in [0.1, 0.15) is 5.82 Å². The summed E-state index contributed by atoms with van der Waals surface area (Å²) in [6.07, 6.45) is 1.06. The molecule has 2 fully saturated rings. The monoisotopic (exact) mass is 433 g/mol. The Labute approximate surface area is 180 Å². The van der Waals surface area contributed by atoms with E-state index in [1.807, 2.05) is 0 Å². The van der Waals surface area contributed by atoms with Crippen LogP contribution in [0.2, 0.25) is 0 Å². The molecule has 31 heavy (non-hydrogen) atoms. The molecule has 0 aromatic heterocycles. The number of para-hydroxylation sites is 1. The van der Waals surface area contributed by atoms with E-state index in [2.05, 4.69) is 0 Å². The first-order valence-corrected chi connectivity index (χ1v) is 10.6. The van der Waals surface area contributed by atoms with Gasteiger partial charge in [-0.05, 0) is 31.9 Å². The van der Waals surface area contributed by atoms with Gasteiger partial charge in [-0.1, -0.05) is 12.1 Å². The smallest absolute Gasteiger partial charge is 0.309 e. The van der Waals surface area contributed by atoms with Crippen molar-refractivity contribution >= 4 is 29.4 Å². The molecule has 1 aromatic rings. The van der Waals surface area contributed by atoms with E-state index in [0.717, 1.165) is 0 Å². The average molecular weight is 433 g/mol. The van der Waals surface area contributed by atoms with Crippen molar-refractivity contribution in [3.8, 4) is 0 Å². The summed E-state index contributed by atoms with van der Waals surface area (Å²) in [5.74, 6) is -2.40. The first-order chi connectivity index (χ1) is 14.8. The maximum Gasteiger partial charge on any atom is 0.309 e. The van der Waals surface area contributed by atoms with Crippen molar-refractivity contribution < 1.29 is 28.3 Å². The quantitative estimate of drug-likeness (QED) is 0.634. The summed E-state index contributed by atoms with van der Waals surface area (Å²) in [6, 6.07) is 5.95. The number of esters is 1. The molecule has 0 N–H and O–H groups in total. The molecule has 3 amide bonds. The topological polar surface area (TPSA) is 87.2 Å². The van der Waals surface area contributed by atoms with E-state index >= 15 is 0 Å². The fourth-order valence-corrected chi connectivity index (χ4v) is 4.09. The van der Waals surface area contributed by atoms with Crippen molar-refractivity contribution in [1.29, 1.82) is 0 Å². The maximum atomic E-state index is 14.0. The molecule has 2 saturated heterocycles. The highest BCUT2D eigenvalue weighted by atomic mass is 19.1. The largest absolute Gasteiger partial charge is 0.466 e. The normalized spacial score (nSPS) is 19.5. The van der Waals surface area contributed by atoms with Crippen molar-refractivity contribution in [2.45, 2.75) is 26.2 Å². The van der Waals surface area contributed by atoms with Crippen LogP contribution in [-0.2, 0) is 23.9 Å². The van der Waals surface area contributed by atoms with Gasteiger partial charge in [-0.2, -0.15) is 0 Å². The van der Waals surface area contributed by atoms with Gasteiger partial charge in [-0.15, -0.1) is 0 Å². The number of hydrogen-bond acceptors (Lipinski definition) is 5. The summed E-state index contributed by atoms with van der Waals surface area (Å²) in [5, 5.41) is 0. The van der Waals surface area contributed by atoms with Gasteiger partial charge in [-0.25, -0.2) is 4.39 Å². The minimum Gasteiger partial charge on any atom is -0.466 e. The first kappa shape index (κ1) is 22.7. The Morgan fingerprint density at radius 1 is 1.16 bits per heavy atom. The summed E-state index contributed by atoms with van der Waals surface area (Å²) in [7, 11) is 1.53. The number of piperidine rings is 1. The third kappa shape index (κ3) is 5.21. The molecule has 0 aliphatic carbocycles. The fourth-order valence-electron chi connectivity index (χ4n) is 4.09. The highest BCUT2D eigenvalue weighted by Gasteiger charge is 2.38. The molecule has 9 heteroatoms. The fraction of sp³-hybridized carbons (Fsp3) is 0.545. The molecule has 0 saturated carbocycles. The van der Waals surface area contributed by atoms with E-state index in [9.17, 15) is 23.6 Å². The number of carbonyl (C=O) groups is 4. The van der Waals surface area contributed by atoms with E-state index in [1.54, 1.807) is 17.9 Å². The van der Waals surface area contributed by atoms with E-state index in [0.29, 0.717) is 32.5 Å². The summed E-state index contributed by atoms with van der Waals surface area (Å²) in [5.41, 5.74) is 0.158. The Kier molecular flexibility index (Phi) is 7.25. The third-order valence-corrected chi connectivity index (χ3v) is 5.83. The predicted molar refractivity (Wildman–Crippen MR) is 110 cm³/mol. The van der Waals surface area contributed by atoms with Crippen LogP contribution in [-0.4, -0.2) is 73.3 Å². The van der Waals surface area contributed by atoms with Gasteiger partial charge < -0.3 is 19.4 Å². The molecule has 2 heterocycles. The number of rotatable bonds is 6. The van der Waals surface area contributed by atoms with Crippen LogP contribution in [0.4, 0.5) is 10.1 Å². The number of carbonyl (C=O) groups excluding carboxylic acids is 4. The number of amides is 3. The van der Waals surface area contributed by atoms with Crippen molar-refractivity contribution in [1.82, 2.24) is 9.80 Å². The minimum absolute atomic E-state index is 0.0172. The van der Waals surface area contributed by atoms with Crippen LogP contribution in [0.1, 0.15) is 26.2 Å². The lowest BCUT2D eigenvalue weighted by Gasteiger charge is -2.32. The van der Waals surface area contributed by atoms with Crippen molar-refractivity contribution in [2.24, 2.45) is 11.8 Å². The Morgan fingerprint density at radius 3 is 2.48 bits per heavy atom. The molecule has 1 unspecified atom stereocenters. The van der Waals surface area contributed by atoms with Crippen molar-refractivity contribution in [3.63, 3.8) is 0 Å². The number of benzene rings is 1. The molecule has 2 aliphatic heterocycles. The molecular weight excluding hydrogens is 405 g/mol. The van der Waals surface area contributed by atoms with Gasteiger partial charge >= 0.3 is 5.97 Å². The Hall–Kier alpha value is -2.97. The Morgan fingerprint density at radius 2 is 1.84 bits per heavy atom. The first-order valence-electron chi connectivity index (χ1n) is 10.6. The molecule has 1 atom stereocenters. The molecule has 168 valence electrons. The zero-order valence-corrected chi connectivity index (χ0v) is 17.9. The second-order valence-corrected chi connectivity index (χ2v) is 7.96. The SMILES string of the molecule is CCOC(=O)C1CCN(C(=O)CN(C)C(=O)C2CC(=O)N(c3ccccc3F)C2)CC1. The lowest BCUT2D eigenvalue weighted by Crippen LogP contribution is -2.46. The van der Waals surface area contributed by atoms with Crippen LogP contribution in [0.25, 0.3) is 0 Å². The number of anilines is 1. The molecule has 0 radical (unpaired) electrons. The third-order valence-electron chi connectivity index (χ3n) is 5.83. The van der Waals surface area contributed by atoms with Gasteiger partial charge in [0.15, 0.2) is 0 Å². The second-order valence-electron chi connectivity index (χ2n) is 7.96. The highest BCUT2D eigenvalue weighted by Crippen LogP contribution is 2.28. The van der Waals surface area contributed by atoms with Gasteiger partial charge in [-0.3, -0.25) is 19.2 Å². The van der Waals surface area contributed by atoms with Gasteiger partial charge in [0.2, 0.25) is 17.7 Å². The molecule has 3 rings (SSSR count). The summed E-state index contributed by atoms with van der Waals surface area (Å²) < 4.78 is 19.1. The summed E-state index contributed by atoms with van der Waals surface area (Å²) in [4.78, 5) is 53.8. The second kappa shape index (κ2) is 9.89. The van der Waals surface area contributed by atoms with Crippen LogP contribution < -0.4 is 4.90 Å². The Bertz CT molecular complexity index is 853. The van der Waals surface area contributed by atoms with Crippen molar-refractivity contribution in [3.05, 3.63) is 30.1 Å². The van der Waals surface area contributed by atoms with Crippen LogP contribution in [0.3, 0.4) is 0 Å². The Balaban J connectivity index is 1.52. The highest BCUT2D eigenvalue weighted by molar-refractivity contribution is 6.00. The lowest BCUT2D eigenvalue weighted by molar-refractivity contribution is -0.151. The van der Waals surface area contributed by atoms with E-state index < -0.39 is 11.7 Å². The molecule has 0 bridgehead atoms. The molecule has 8 nitrogen and oxygen atoms in total. The number of nitrogens with zero attached hydrogens (tertiary/aromatic N) is 3. The molecular formula is C22H28FN3O5. The van der Waals surface area contributed by atoms with Crippen LogP contribution >= 0.6 is 0 Å². The van der Waals surface area contributed by atoms with E-state index in [-0.39, 0.29) is 54.8 Å². The number of likely N-dealkylation sites (N-methyl/N-ethyl adjacent to an activating group) is 1. The van der Waals surface area contributed by atoms with Crippen LogP contribution in [0.15, 0.2) is 24.3 Å². The van der Waals surface area contributed by atoms with Gasteiger partial charge in [0.25, 0.3) is 0 Å². The molecule has 0 spiro atoms. The van der Waals surface area contributed by atoms with Crippen LogP contribution in [0.5, 0.6) is 0 Å². The van der Waals surface area contributed by atoms with E-state index in [4.69, 9.17) is 4.74 Å². The number of likely N-dealkylation sites (tertiary alicyclic amines) is 1. The summed E-state index contributed by atoms with van der Waals surface area (Å²) >= 11 is 0.